The van der Waals surface area contributed by atoms with Crippen LogP contribution in [0.4, 0.5) is 0 Å². The van der Waals surface area contributed by atoms with E-state index in [0.717, 1.165) is 25.7 Å². The van der Waals surface area contributed by atoms with Crippen LogP contribution in [0.3, 0.4) is 0 Å². The molecule has 26 heavy (non-hydrogen) atoms. The van der Waals surface area contributed by atoms with Crippen molar-refractivity contribution < 1.29 is 13.5 Å². The minimum atomic E-state index is -2.78. The normalized spacial score (nSPS) is 11.2. The van der Waals surface area contributed by atoms with Crippen molar-refractivity contribution >= 4 is 9.84 Å². The van der Waals surface area contributed by atoms with Gasteiger partial charge >= 0.3 is 0 Å². The van der Waals surface area contributed by atoms with Gasteiger partial charge in [0, 0.05) is 6.61 Å². The summed E-state index contributed by atoms with van der Waals surface area (Å²) in [5.74, 6) is 0.830. The van der Waals surface area contributed by atoms with Crippen LogP contribution in [0.15, 0.2) is 0 Å². The highest BCUT2D eigenvalue weighted by molar-refractivity contribution is 7.91. The zero-order chi connectivity index (χ0) is 19.9. The van der Waals surface area contributed by atoms with Crippen LogP contribution in [0.25, 0.3) is 0 Å². The van der Waals surface area contributed by atoms with Gasteiger partial charge in [0.25, 0.3) is 0 Å². The Balaban J connectivity index is 0. The molecule has 0 aromatic carbocycles. The van der Waals surface area contributed by atoms with Gasteiger partial charge in [-0.2, -0.15) is 0 Å². The molecule has 0 aromatic heterocycles. The standard InChI is InChI=1S/C20H42O2S.C2H6O/c1-3-5-7-9-11-13-15-17-19-23(21,22)20-18-16-14-12-10-8-6-4-2;1-2-3/h3-20H2,1-2H3;3H,2H2,1H3. The van der Waals surface area contributed by atoms with E-state index in [1.54, 1.807) is 6.92 Å². The second-order valence-electron chi connectivity index (χ2n) is 7.42. The Morgan fingerprint density at radius 2 is 0.731 bits per heavy atom. The Morgan fingerprint density at radius 1 is 0.500 bits per heavy atom. The number of hydrogen-bond acceptors (Lipinski definition) is 3. The topological polar surface area (TPSA) is 54.4 Å². The Kier molecular flexibility index (Phi) is 24.8. The molecule has 0 aliphatic carbocycles. The van der Waals surface area contributed by atoms with E-state index in [2.05, 4.69) is 13.8 Å². The van der Waals surface area contributed by atoms with Gasteiger partial charge in [0.15, 0.2) is 0 Å². The summed E-state index contributed by atoms with van der Waals surface area (Å²) in [5.41, 5.74) is 0. The molecule has 0 fully saturated rings. The number of unbranched alkanes of at least 4 members (excludes halogenated alkanes) is 14. The van der Waals surface area contributed by atoms with Crippen molar-refractivity contribution in [1.82, 2.24) is 0 Å². The fraction of sp³-hybridized carbons (Fsp3) is 1.00. The average Bonchev–Trinajstić information content (AvgIpc) is 2.60. The lowest BCUT2D eigenvalue weighted by molar-refractivity contribution is 0.318. The molecule has 0 atom stereocenters. The molecule has 0 bridgehead atoms. The van der Waals surface area contributed by atoms with Gasteiger partial charge in [-0.15, -0.1) is 0 Å². The van der Waals surface area contributed by atoms with Gasteiger partial charge in [0.1, 0.15) is 9.84 Å². The molecule has 0 spiro atoms. The zero-order valence-corrected chi connectivity index (χ0v) is 18.9. The van der Waals surface area contributed by atoms with E-state index in [0.29, 0.717) is 11.5 Å². The predicted molar refractivity (Wildman–Crippen MR) is 117 cm³/mol. The maximum atomic E-state index is 12.0. The van der Waals surface area contributed by atoms with Crippen LogP contribution in [0.1, 0.15) is 124 Å². The van der Waals surface area contributed by atoms with Crippen LogP contribution in [-0.4, -0.2) is 31.6 Å². The van der Waals surface area contributed by atoms with Gasteiger partial charge in [-0.3, -0.25) is 0 Å². The first-order valence-electron chi connectivity index (χ1n) is 11.3. The van der Waals surface area contributed by atoms with E-state index in [1.807, 2.05) is 0 Å². The monoisotopic (exact) mass is 392 g/mol. The van der Waals surface area contributed by atoms with Gasteiger partial charge < -0.3 is 5.11 Å². The summed E-state index contributed by atoms with van der Waals surface area (Å²) in [4.78, 5) is 0. The second kappa shape index (κ2) is 23.0. The summed E-state index contributed by atoms with van der Waals surface area (Å²) in [6.45, 7) is 6.40. The molecule has 0 amide bonds. The molecule has 3 nitrogen and oxygen atoms in total. The Bertz CT molecular complexity index is 313. The molecule has 0 aliphatic rings. The number of sulfone groups is 1. The Morgan fingerprint density at radius 3 is 1.00 bits per heavy atom. The first kappa shape index (κ1) is 28.1. The van der Waals surface area contributed by atoms with Crippen LogP contribution in [-0.2, 0) is 9.84 Å². The number of rotatable bonds is 18. The Labute approximate surface area is 165 Å². The summed E-state index contributed by atoms with van der Waals surface area (Å²) in [7, 11) is -2.78. The number of aliphatic hydroxyl groups excluding tert-OH is 1. The third kappa shape index (κ3) is 26.1. The van der Waals surface area contributed by atoms with Crippen LogP contribution >= 0.6 is 0 Å². The van der Waals surface area contributed by atoms with Crippen molar-refractivity contribution in [3.05, 3.63) is 0 Å². The minimum Gasteiger partial charge on any atom is -0.397 e. The van der Waals surface area contributed by atoms with Crippen molar-refractivity contribution in [2.24, 2.45) is 0 Å². The molecule has 0 unspecified atom stereocenters. The lowest BCUT2D eigenvalue weighted by Gasteiger charge is -2.05. The van der Waals surface area contributed by atoms with Gasteiger partial charge in [0.05, 0.1) is 11.5 Å². The first-order chi connectivity index (χ1) is 12.5. The molecule has 0 saturated heterocycles. The molecule has 4 heteroatoms. The summed E-state index contributed by atoms with van der Waals surface area (Å²) < 4.78 is 24.0. The molecule has 0 aliphatic heterocycles. The lowest BCUT2D eigenvalue weighted by Crippen LogP contribution is -2.11. The Hall–Kier alpha value is -0.0900. The van der Waals surface area contributed by atoms with Crippen molar-refractivity contribution in [2.75, 3.05) is 18.1 Å². The van der Waals surface area contributed by atoms with Gasteiger partial charge in [0.2, 0.25) is 0 Å². The molecule has 0 radical (unpaired) electrons. The lowest BCUT2D eigenvalue weighted by atomic mass is 10.1. The van der Waals surface area contributed by atoms with E-state index in [9.17, 15) is 8.42 Å². The van der Waals surface area contributed by atoms with Crippen LogP contribution in [0.2, 0.25) is 0 Å². The zero-order valence-electron chi connectivity index (χ0n) is 18.1. The highest BCUT2D eigenvalue weighted by Crippen LogP contribution is 2.12. The van der Waals surface area contributed by atoms with E-state index in [4.69, 9.17) is 5.11 Å². The SMILES string of the molecule is CCCCCCCCCCS(=O)(=O)CCCCCCCCCC.CCO. The number of aliphatic hydroxyl groups is 1. The van der Waals surface area contributed by atoms with Gasteiger partial charge in [-0.05, 0) is 19.8 Å². The maximum Gasteiger partial charge on any atom is 0.150 e. The number of hydrogen-bond donors (Lipinski definition) is 1. The van der Waals surface area contributed by atoms with Crippen molar-refractivity contribution in [3.8, 4) is 0 Å². The molecule has 160 valence electrons. The fourth-order valence-corrected chi connectivity index (χ4v) is 4.51. The fourth-order valence-electron chi connectivity index (χ4n) is 3.01. The molecule has 0 heterocycles. The van der Waals surface area contributed by atoms with E-state index in [-0.39, 0.29) is 6.61 Å². The van der Waals surface area contributed by atoms with E-state index < -0.39 is 9.84 Å². The summed E-state index contributed by atoms with van der Waals surface area (Å²) in [5, 5.41) is 7.57. The van der Waals surface area contributed by atoms with Crippen LogP contribution in [0, 0.1) is 0 Å². The third-order valence-corrected chi connectivity index (χ3v) is 6.44. The summed E-state index contributed by atoms with van der Waals surface area (Å²) in [6, 6.07) is 0. The largest absolute Gasteiger partial charge is 0.397 e. The van der Waals surface area contributed by atoms with Gasteiger partial charge in [-0.1, -0.05) is 104 Å². The minimum absolute atomic E-state index is 0.250. The summed E-state index contributed by atoms with van der Waals surface area (Å²) >= 11 is 0. The molecule has 0 rings (SSSR count). The molecule has 0 aromatic rings. The third-order valence-electron chi connectivity index (χ3n) is 4.62. The van der Waals surface area contributed by atoms with E-state index in [1.165, 1.54) is 77.0 Å². The smallest absolute Gasteiger partial charge is 0.150 e. The predicted octanol–water partition coefficient (Wildman–Crippen LogP) is 6.68. The first-order valence-corrected chi connectivity index (χ1v) is 13.2. The molecule has 1 N–H and O–H groups in total. The molecular formula is C22H48O3S. The average molecular weight is 393 g/mol. The summed E-state index contributed by atoms with van der Waals surface area (Å²) in [6.07, 6.45) is 19.4. The van der Waals surface area contributed by atoms with Crippen molar-refractivity contribution in [1.29, 1.82) is 0 Å². The van der Waals surface area contributed by atoms with Gasteiger partial charge in [-0.25, -0.2) is 8.42 Å². The maximum absolute atomic E-state index is 12.0. The highest BCUT2D eigenvalue weighted by atomic mass is 32.2. The highest BCUT2D eigenvalue weighted by Gasteiger charge is 2.09. The molecular weight excluding hydrogens is 344 g/mol. The quantitative estimate of drug-likeness (QED) is 0.265. The van der Waals surface area contributed by atoms with Crippen molar-refractivity contribution in [3.63, 3.8) is 0 Å². The molecule has 0 saturated carbocycles. The van der Waals surface area contributed by atoms with Crippen LogP contribution in [0.5, 0.6) is 0 Å². The van der Waals surface area contributed by atoms with Crippen LogP contribution < -0.4 is 0 Å². The van der Waals surface area contributed by atoms with E-state index >= 15 is 0 Å². The van der Waals surface area contributed by atoms with Crippen molar-refractivity contribution in [2.45, 2.75) is 124 Å². The second-order valence-corrected chi connectivity index (χ2v) is 9.72.